The maximum absolute atomic E-state index is 6.10. The third kappa shape index (κ3) is 5.12. The van der Waals surface area contributed by atoms with Gasteiger partial charge in [-0.1, -0.05) is 13.3 Å². The average molecular weight is 291 g/mol. The molecule has 118 valence electrons. The minimum Gasteiger partial charge on any atom is -0.494 e. The van der Waals surface area contributed by atoms with Crippen LogP contribution >= 0.6 is 0 Å². The fraction of sp³-hybridized carbons (Fsp3) is 0.647. The second-order valence-corrected chi connectivity index (χ2v) is 6.11. The van der Waals surface area contributed by atoms with Gasteiger partial charge >= 0.3 is 0 Å². The van der Waals surface area contributed by atoms with Crippen LogP contribution in [0.5, 0.6) is 5.75 Å². The molecule has 0 amide bonds. The van der Waals surface area contributed by atoms with Crippen LogP contribution in [0.25, 0.3) is 0 Å². The molecule has 0 aliphatic heterocycles. The molecule has 0 unspecified atom stereocenters. The fourth-order valence-electron chi connectivity index (χ4n) is 2.77. The van der Waals surface area contributed by atoms with Crippen molar-refractivity contribution in [2.45, 2.75) is 51.5 Å². The van der Waals surface area contributed by atoms with Crippen LogP contribution in [0.4, 0.5) is 11.4 Å². The van der Waals surface area contributed by atoms with Crippen LogP contribution in [0.2, 0.25) is 0 Å². The van der Waals surface area contributed by atoms with Gasteiger partial charge in [-0.2, -0.15) is 0 Å². The van der Waals surface area contributed by atoms with Crippen molar-refractivity contribution in [2.75, 3.05) is 24.2 Å². The maximum Gasteiger partial charge on any atom is 0.121 e. The highest BCUT2D eigenvalue weighted by atomic mass is 16.5. The zero-order valence-corrected chi connectivity index (χ0v) is 13.1. The predicted molar refractivity (Wildman–Crippen MR) is 89.7 cm³/mol. The van der Waals surface area contributed by atoms with Gasteiger partial charge in [-0.25, -0.2) is 0 Å². The number of nitrogen functional groups attached to an aromatic ring is 1. The molecule has 0 heterocycles. The predicted octanol–water partition coefficient (Wildman–Crippen LogP) is 3.38. The molecule has 1 aromatic carbocycles. The number of ether oxygens (including phenoxy) is 1. The summed E-state index contributed by atoms with van der Waals surface area (Å²) in [5, 5.41) is 3.47. The van der Waals surface area contributed by atoms with E-state index in [0.29, 0.717) is 12.0 Å². The standard InChI is InChI=1S/C17H29N3O/c1-2-3-10-21-15-8-9-17(16(19)11-15)20-12-13-4-6-14(18)7-5-13/h8-9,11,13-14,20H,2-7,10,12,18-19H2,1H3/t13-,14-. The first-order chi connectivity index (χ1) is 10.2. The quantitative estimate of drug-likeness (QED) is 0.532. The molecular weight excluding hydrogens is 262 g/mol. The Morgan fingerprint density at radius 1 is 1.24 bits per heavy atom. The molecule has 2 rings (SSSR count). The topological polar surface area (TPSA) is 73.3 Å². The van der Waals surface area contributed by atoms with Crippen LogP contribution in [0.3, 0.4) is 0 Å². The highest BCUT2D eigenvalue weighted by molar-refractivity contribution is 5.68. The van der Waals surface area contributed by atoms with Gasteiger partial charge < -0.3 is 21.5 Å². The molecular formula is C17H29N3O. The van der Waals surface area contributed by atoms with Crippen molar-refractivity contribution in [3.8, 4) is 5.75 Å². The van der Waals surface area contributed by atoms with Crippen molar-refractivity contribution in [1.82, 2.24) is 0 Å². The first-order valence-electron chi connectivity index (χ1n) is 8.20. The van der Waals surface area contributed by atoms with E-state index in [9.17, 15) is 0 Å². The van der Waals surface area contributed by atoms with Crippen LogP contribution in [-0.2, 0) is 0 Å². The van der Waals surface area contributed by atoms with E-state index < -0.39 is 0 Å². The van der Waals surface area contributed by atoms with Gasteiger partial charge in [0.15, 0.2) is 0 Å². The minimum atomic E-state index is 0.408. The SMILES string of the molecule is CCCCOc1ccc(NC[C@H]2CC[C@H](N)CC2)c(N)c1. The summed E-state index contributed by atoms with van der Waals surface area (Å²) in [6.45, 7) is 3.89. The van der Waals surface area contributed by atoms with E-state index >= 15 is 0 Å². The summed E-state index contributed by atoms with van der Waals surface area (Å²) < 4.78 is 5.67. The summed E-state index contributed by atoms with van der Waals surface area (Å²) in [6.07, 6.45) is 6.93. The Labute approximate surface area is 128 Å². The van der Waals surface area contributed by atoms with Crippen molar-refractivity contribution >= 4 is 11.4 Å². The number of benzene rings is 1. The van der Waals surface area contributed by atoms with Crippen LogP contribution in [-0.4, -0.2) is 19.2 Å². The molecule has 0 saturated heterocycles. The smallest absolute Gasteiger partial charge is 0.121 e. The molecule has 4 heteroatoms. The number of nitrogens with two attached hydrogens (primary N) is 2. The van der Waals surface area contributed by atoms with Gasteiger partial charge in [-0.15, -0.1) is 0 Å². The van der Waals surface area contributed by atoms with E-state index in [1.165, 1.54) is 12.8 Å². The number of unbranched alkanes of at least 4 members (excludes halogenated alkanes) is 1. The summed E-state index contributed by atoms with van der Waals surface area (Å²) in [6, 6.07) is 6.33. The molecule has 1 aromatic rings. The zero-order chi connectivity index (χ0) is 15.1. The van der Waals surface area contributed by atoms with Gasteiger partial charge in [-0.05, 0) is 50.2 Å². The maximum atomic E-state index is 6.10. The van der Waals surface area contributed by atoms with Crippen LogP contribution in [0, 0.1) is 5.92 Å². The lowest BCUT2D eigenvalue weighted by molar-refractivity contribution is 0.309. The number of hydrogen-bond donors (Lipinski definition) is 3. The Bertz CT molecular complexity index is 428. The van der Waals surface area contributed by atoms with Crippen molar-refractivity contribution in [3.63, 3.8) is 0 Å². The normalized spacial score (nSPS) is 22.0. The van der Waals surface area contributed by atoms with Gasteiger partial charge in [0.1, 0.15) is 5.75 Å². The number of rotatable bonds is 7. The number of nitrogens with one attached hydrogen (secondary N) is 1. The largest absolute Gasteiger partial charge is 0.494 e. The lowest BCUT2D eigenvalue weighted by Gasteiger charge is -2.26. The molecule has 1 saturated carbocycles. The summed E-state index contributed by atoms with van der Waals surface area (Å²) in [7, 11) is 0. The zero-order valence-electron chi connectivity index (χ0n) is 13.1. The van der Waals surface area contributed by atoms with Crippen molar-refractivity contribution in [1.29, 1.82) is 0 Å². The van der Waals surface area contributed by atoms with Crippen molar-refractivity contribution < 1.29 is 4.74 Å². The Kier molecular flexibility index (Phi) is 6.18. The summed E-state index contributed by atoms with van der Waals surface area (Å²) in [5.74, 6) is 1.57. The van der Waals surface area contributed by atoms with E-state index in [2.05, 4.69) is 12.2 Å². The van der Waals surface area contributed by atoms with Crippen molar-refractivity contribution in [2.24, 2.45) is 11.7 Å². The Hall–Kier alpha value is -1.42. The molecule has 4 nitrogen and oxygen atoms in total. The fourth-order valence-corrected chi connectivity index (χ4v) is 2.77. The average Bonchev–Trinajstić information content (AvgIpc) is 2.48. The molecule has 0 radical (unpaired) electrons. The third-order valence-electron chi connectivity index (χ3n) is 4.26. The Balaban J connectivity index is 1.80. The summed E-state index contributed by atoms with van der Waals surface area (Å²) >= 11 is 0. The second kappa shape index (κ2) is 8.13. The first-order valence-corrected chi connectivity index (χ1v) is 8.20. The molecule has 1 aliphatic rings. The molecule has 0 aromatic heterocycles. The van der Waals surface area contributed by atoms with E-state index in [0.717, 1.165) is 56.0 Å². The van der Waals surface area contributed by atoms with Gasteiger partial charge in [0.25, 0.3) is 0 Å². The number of hydrogen-bond acceptors (Lipinski definition) is 4. The van der Waals surface area contributed by atoms with Crippen molar-refractivity contribution in [3.05, 3.63) is 18.2 Å². The first kappa shape index (κ1) is 16.0. The highest BCUT2D eigenvalue weighted by Gasteiger charge is 2.18. The molecule has 1 fully saturated rings. The summed E-state index contributed by atoms with van der Waals surface area (Å²) in [5.41, 5.74) is 13.8. The van der Waals surface area contributed by atoms with Crippen LogP contribution in [0.15, 0.2) is 18.2 Å². The van der Waals surface area contributed by atoms with E-state index in [4.69, 9.17) is 16.2 Å². The third-order valence-corrected chi connectivity index (χ3v) is 4.26. The van der Waals surface area contributed by atoms with E-state index in [-0.39, 0.29) is 0 Å². The molecule has 5 N–H and O–H groups in total. The van der Waals surface area contributed by atoms with E-state index in [1.807, 2.05) is 18.2 Å². The van der Waals surface area contributed by atoms with Gasteiger partial charge in [0.2, 0.25) is 0 Å². The van der Waals surface area contributed by atoms with Gasteiger partial charge in [-0.3, -0.25) is 0 Å². The van der Waals surface area contributed by atoms with Crippen LogP contribution < -0.4 is 21.5 Å². The Morgan fingerprint density at radius 2 is 2.00 bits per heavy atom. The van der Waals surface area contributed by atoms with Crippen LogP contribution in [0.1, 0.15) is 45.4 Å². The summed E-state index contributed by atoms with van der Waals surface area (Å²) in [4.78, 5) is 0. The van der Waals surface area contributed by atoms with E-state index in [1.54, 1.807) is 0 Å². The Morgan fingerprint density at radius 3 is 2.67 bits per heavy atom. The molecule has 0 atom stereocenters. The molecule has 0 spiro atoms. The monoisotopic (exact) mass is 291 g/mol. The lowest BCUT2D eigenvalue weighted by atomic mass is 9.86. The van der Waals surface area contributed by atoms with Gasteiger partial charge in [0, 0.05) is 18.7 Å². The minimum absolute atomic E-state index is 0.408. The van der Waals surface area contributed by atoms with Gasteiger partial charge in [0.05, 0.1) is 18.0 Å². The molecule has 21 heavy (non-hydrogen) atoms. The number of anilines is 2. The lowest BCUT2D eigenvalue weighted by Crippen LogP contribution is -2.29. The molecule has 0 bridgehead atoms. The highest BCUT2D eigenvalue weighted by Crippen LogP contribution is 2.27. The molecule has 1 aliphatic carbocycles. The second-order valence-electron chi connectivity index (χ2n) is 6.11.